The predicted octanol–water partition coefficient (Wildman–Crippen LogP) is 1.61. The molecule has 1 aromatic heterocycles. The van der Waals surface area contributed by atoms with Gasteiger partial charge in [-0.3, -0.25) is 19.6 Å². The van der Waals surface area contributed by atoms with Crippen molar-refractivity contribution in [3.63, 3.8) is 0 Å². The molecule has 3 rings (SSSR count). The first-order valence-corrected chi connectivity index (χ1v) is 7.83. The van der Waals surface area contributed by atoms with Gasteiger partial charge in [0.15, 0.2) is 5.84 Å². The Balaban J connectivity index is 2.09. The third-order valence-corrected chi connectivity index (χ3v) is 4.54. The number of carbonyl (C=O) groups excluding carboxylic acids is 2. The van der Waals surface area contributed by atoms with E-state index in [1.54, 1.807) is 17.4 Å². The van der Waals surface area contributed by atoms with Gasteiger partial charge >= 0.3 is 0 Å². The summed E-state index contributed by atoms with van der Waals surface area (Å²) in [5.74, 6) is 0.130. The van der Waals surface area contributed by atoms with Crippen LogP contribution < -0.4 is 0 Å². The summed E-state index contributed by atoms with van der Waals surface area (Å²) in [6.07, 6.45) is 4.19. The molecule has 0 N–H and O–H groups in total. The van der Waals surface area contributed by atoms with Crippen LogP contribution in [-0.2, 0) is 9.59 Å². The van der Waals surface area contributed by atoms with Gasteiger partial charge in [-0.15, -0.1) is 0 Å². The molecule has 120 valence electrons. The van der Waals surface area contributed by atoms with E-state index in [4.69, 9.17) is 0 Å². The topological polar surface area (TPSA) is 78.2 Å². The molecule has 0 saturated heterocycles. The minimum absolute atomic E-state index is 0.159. The lowest BCUT2D eigenvalue weighted by atomic mass is 9.79. The van der Waals surface area contributed by atoms with Crippen LogP contribution in [0.5, 0.6) is 0 Å². The molecule has 0 unspecified atom stereocenters. The van der Waals surface area contributed by atoms with Crippen LogP contribution in [0, 0.1) is 5.41 Å². The Morgan fingerprint density at radius 2 is 1.70 bits per heavy atom. The van der Waals surface area contributed by atoms with E-state index in [1.807, 2.05) is 32.9 Å². The number of fused-ring (bicyclic) bond motifs is 1. The Morgan fingerprint density at radius 3 is 2.26 bits per heavy atom. The van der Waals surface area contributed by atoms with Crippen LogP contribution in [0.1, 0.15) is 39.2 Å². The molecule has 23 heavy (non-hydrogen) atoms. The number of carbonyl (C=O) groups is 2. The van der Waals surface area contributed by atoms with Crippen molar-refractivity contribution in [3.8, 4) is 0 Å². The van der Waals surface area contributed by atoms with E-state index in [9.17, 15) is 9.59 Å². The average Bonchev–Trinajstić information content (AvgIpc) is 2.95. The number of hydrogen-bond acceptors (Lipinski definition) is 5. The largest absolute Gasteiger partial charge is 0.271 e. The summed E-state index contributed by atoms with van der Waals surface area (Å²) >= 11 is 0. The minimum Gasteiger partial charge on any atom is -0.271 e. The standard InChI is InChI=1S/C16H19N5O2/c1-4-16(5-2)13(22)19-15-18-12(11-7-9-17-10-8-11)20(6-3)21(15)14(16)23/h7-10H,4-6H2,1-3H3. The van der Waals surface area contributed by atoms with Crippen LogP contribution in [0.25, 0.3) is 0 Å². The van der Waals surface area contributed by atoms with Crippen molar-refractivity contribution >= 4 is 23.6 Å². The number of amidine groups is 1. The molecule has 1 aromatic rings. The second-order valence-corrected chi connectivity index (χ2v) is 5.51. The number of pyridine rings is 1. The van der Waals surface area contributed by atoms with Gasteiger partial charge in [-0.05, 0) is 31.9 Å². The Bertz CT molecular complexity index is 706. The zero-order chi connectivity index (χ0) is 16.6. The first kappa shape index (κ1) is 15.3. The lowest BCUT2D eigenvalue weighted by Gasteiger charge is -2.38. The fourth-order valence-electron chi connectivity index (χ4n) is 3.03. The molecular weight excluding hydrogens is 294 g/mol. The van der Waals surface area contributed by atoms with E-state index in [-0.39, 0.29) is 11.9 Å². The second-order valence-electron chi connectivity index (χ2n) is 5.51. The van der Waals surface area contributed by atoms with Crippen molar-refractivity contribution in [1.82, 2.24) is 15.0 Å². The molecule has 0 radical (unpaired) electrons. The summed E-state index contributed by atoms with van der Waals surface area (Å²) < 4.78 is 0. The molecule has 0 aromatic carbocycles. The number of nitrogens with zero attached hydrogens (tertiary/aromatic N) is 5. The van der Waals surface area contributed by atoms with Gasteiger partial charge in [-0.1, -0.05) is 13.8 Å². The summed E-state index contributed by atoms with van der Waals surface area (Å²) in [5.41, 5.74) is -0.252. The molecule has 2 aliphatic rings. The highest BCUT2D eigenvalue weighted by atomic mass is 16.2. The molecule has 2 amide bonds. The summed E-state index contributed by atoms with van der Waals surface area (Å²) in [5, 5.41) is 3.22. The van der Waals surface area contributed by atoms with E-state index in [0.29, 0.717) is 25.2 Å². The lowest BCUT2D eigenvalue weighted by Crippen LogP contribution is -2.58. The van der Waals surface area contributed by atoms with Crippen LogP contribution in [0.15, 0.2) is 34.5 Å². The molecule has 0 aliphatic carbocycles. The van der Waals surface area contributed by atoms with Gasteiger partial charge in [0.1, 0.15) is 5.41 Å². The number of hydrogen-bond donors (Lipinski definition) is 0. The minimum atomic E-state index is -1.08. The van der Waals surface area contributed by atoms with Crippen LogP contribution in [0.4, 0.5) is 0 Å². The molecule has 7 nitrogen and oxygen atoms in total. The summed E-state index contributed by atoms with van der Waals surface area (Å²) in [7, 11) is 0. The number of hydrazine groups is 1. The monoisotopic (exact) mass is 313 g/mol. The van der Waals surface area contributed by atoms with Gasteiger partial charge in [0.05, 0.1) is 0 Å². The van der Waals surface area contributed by atoms with Crippen LogP contribution in [0.3, 0.4) is 0 Å². The SMILES string of the molecule is CCN1C(c2ccncc2)=NC2=NC(=O)C(CC)(CC)C(=O)N21. The quantitative estimate of drug-likeness (QED) is 0.791. The van der Waals surface area contributed by atoms with Crippen molar-refractivity contribution in [2.24, 2.45) is 15.4 Å². The summed E-state index contributed by atoms with van der Waals surface area (Å²) in [6.45, 7) is 6.17. The lowest BCUT2D eigenvalue weighted by molar-refractivity contribution is -0.154. The maximum absolute atomic E-state index is 13.0. The molecule has 3 heterocycles. The van der Waals surface area contributed by atoms with Crippen LogP contribution in [0.2, 0.25) is 0 Å². The third kappa shape index (κ3) is 2.07. The molecule has 0 atom stereocenters. The van der Waals surface area contributed by atoms with Crippen molar-refractivity contribution in [3.05, 3.63) is 30.1 Å². The van der Waals surface area contributed by atoms with Gasteiger partial charge in [0.2, 0.25) is 0 Å². The van der Waals surface area contributed by atoms with Gasteiger partial charge in [-0.2, -0.15) is 15.0 Å². The molecule has 0 bridgehead atoms. The smallest absolute Gasteiger partial charge is 0.264 e. The highest BCUT2D eigenvalue weighted by Crippen LogP contribution is 2.36. The van der Waals surface area contributed by atoms with Crippen molar-refractivity contribution in [1.29, 1.82) is 0 Å². The van der Waals surface area contributed by atoms with E-state index in [2.05, 4.69) is 15.0 Å². The van der Waals surface area contributed by atoms with Gasteiger partial charge in [-0.25, -0.2) is 0 Å². The predicted molar refractivity (Wildman–Crippen MR) is 85.5 cm³/mol. The Labute approximate surface area is 134 Å². The summed E-state index contributed by atoms with van der Waals surface area (Å²) in [4.78, 5) is 38.0. The fraction of sp³-hybridized carbons (Fsp3) is 0.438. The van der Waals surface area contributed by atoms with Gasteiger partial charge < -0.3 is 0 Å². The fourth-order valence-corrected chi connectivity index (χ4v) is 3.03. The van der Waals surface area contributed by atoms with Crippen LogP contribution in [-0.4, -0.2) is 45.2 Å². The Hall–Kier alpha value is -2.57. The zero-order valence-corrected chi connectivity index (χ0v) is 13.5. The number of guanidine groups is 1. The van der Waals surface area contributed by atoms with Gasteiger partial charge in [0, 0.05) is 24.5 Å². The first-order valence-electron chi connectivity index (χ1n) is 7.83. The summed E-state index contributed by atoms with van der Waals surface area (Å²) in [6, 6.07) is 3.64. The molecule has 2 aliphatic heterocycles. The van der Waals surface area contributed by atoms with Crippen molar-refractivity contribution in [2.45, 2.75) is 33.6 Å². The molecule has 0 fully saturated rings. The second kappa shape index (κ2) is 5.57. The molecule has 7 heteroatoms. The highest BCUT2D eigenvalue weighted by Gasteiger charge is 2.53. The molecule has 0 saturated carbocycles. The van der Waals surface area contributed by atoms with E-state index < -0.39 is 11.3 Å². The van der Waals surface area contributed by atoms with E-state index in [1.165, 1.54) is 5.01 Å². The first-order chi connectivity index (χ1) is 11.1. The average molecular weight is 313 g/mol. The molecule has 0 spiro atoms. The van der Waals surface area contributed by atoms with Crippen LogP contribution >= 0.6 is 0 Å². The highest BCUT2D eigenvalue weighted by molar-refractivity contribution is 6.23. The number of rotatable bonds is 4. The zero-order valence-electron chi connectivity index (χ0n) is 13.5. The number of aromatic nitrogens is 1. The van der Waals surface area contributed by atoms with Crippen molar-refractivity contribution in [2.75, 3.05) is 6.54 Å². The Morgan fingerprint density at radius 1 is 1.04 bits per heavy atom. The maximum Gasteiger partial charge on any atom is 0.264 e. The van der Waals surface area contributed by atoms with E-state index in [0.717, 1.165) is 5.56 Å². The Kier molecular flexibility index (Phi) is 3.71. The normalized spacial score (nSPS) is 19.6. The third-order valence-electron chi connectivity index (χ3n) is 4.54. The van der Waals surface area contributed by atoms with Crippen molar-refractivity contribution < 1.29 is 9.59 Å². The van der Waals surface area contributed by atoms with Gasteiger partial charge in [0.25, 0.3) is 17.8 Å². The van der Waals surface area contributed by atoms with E-state index >= 15 is 0 Å². The number of aliphatic imine (C=N–C) groups is 2. The number of amides is 2. The maximum atomic E-state index is 13.0. The molecular formula is C16H19N5O2.